The number of nitrogens with zero attached hydrogens (tertiary/aromatic N) is 2. The van der Waals surface area contributed by atoms with Crippen LogP contribution in [0.15, 0.2) is 24.3 Å². The molecule has 0 fully saturated rings. The first-order valence-corrected chi connectivity index (χ1v) is 5.66. The second-order valence-corrected chi connectivity index (χ2v) is 4.62. The first kappa shape index (κ1) is 11.4. The normalized spacial score (nSPS) is 11.3. The van der Waals surface area contributed by atoms with Crippen LogP contribution in [0.4, 0.5) is 0 Å². The molecule has 0 atom stereocenters. The number of aryl methyl sites for hydroxylation is 1. The Balaban J connectivity index is 2.65. The highest BCUT2D eigenvalue weighted by Crippen LogP contribution is 2.28. The van der Waals surface area contributed by atoms with Crippen LogP contribution in [0, 0.1) is 6.92 Å². The number of hydrogen-bond acceptors (Lipinski definition) is 2. The van der Waals surface area contributed by atoms with Crippen molar-refractivity contribution >= 4 is 22.5 Å². The van der Waals surface area contributed by atoms with Crippen molar-refractivity contribution in [2.24, 2.45) is 0 Å². The fourth-order valence-electron chi connectivity index (χ4n) is 1.83. The van der Waals surface area contributed by atoms with E-state index in [9.17, 15) is 0 Å². The van der Waals surface area contributed by atoms with Crippen molar-refractivity contribution in [3.05, 3.63) is 40.5 Å². The molecule has 1 aromatic heterocycles. The number of fused-ring (bicyclic) bond motifs is 1. The number of rotatable bonds is 2. The average molecular weight is 235 g/mol. The van der Waals surface area contributed by atoms with Crippen molar-refractivity contribution < 1.29 is 0 Å². The fraction of sp³-hybridized carbons (Fsp3) is 0.308. The molecule has 0 amide bonds. The summed E-state index contributed by atoms with van der Waals surface area (Å²) in [5, 5.41) is 1.86. The van der Waals surface area contributed by atoms with E-state index in [1.807, 2.05) is 45.3 Å². The summed E-state index contributed by atoms with van der Waals surface area (Å²) >= 11 is 6.42. The van der Waals surface area contributed by atoms with Gasteiger partial charge in [-0.05, 0) is 27.1 Å². The molecule has 0 saturated heterocycles. The smallest absolute Gasteiger partial charge is 0.0720 e. The molecule has 0 aliphatic carbocycles. The van der Waals surface area contributed by atoms with Gasteiger partial charge in [-0.2, -0.15) is 0 Å². The van der Waals surface area contributed by atoms with Gasteiger partial charge in [-0.25, -0.2) is 0 Å². The van der Waals surface area contributed by atoms with Gasteiger partial charge in [0.15, 0.2) is 0 Å². The Bertz CT molecular complexity index is 521. The summed E-state index contributed by atoms with van der Waals surface area (Å²) in [7, 11) is 4.07. The average Bonchev–Trinajstić information content (AvgIpc) is 2.24. The van der Waals surface area contributed by atoms with Crippen molar-refractivity contribution in [1.82, 2.24) is 9.88 Å². The van der Waals surface area contributed by atoms with Gasteiger partial charge in [0, 0.05) is 23.2 Å². The topological polar surface area (TPSA) is 16.1 Å². The van der Waals surface area contributed by atoms with Gasteiger partial charge in [-0.3, -0.25) is 4.98 Å². The SMILES string of the molecule is Cc1nc2ccccc2c(Cl)c1CN(C)C. The number of aromatic nitrogens is 1. The van der Waals surface area contributed by atoms with Crippen LogP contribution in [0.5, 0.6) is 0 Å². The Hall–Kier alpha value is -1.12. The Morgan fingerprint density at radius 3 is 2.62 bits per heavy atom. The third-order valence-electron chi connectivity index (χ3n) is 2.60. The van der Waals surface area contributed by atoms with E-state index >= 15 is 0 Å². The molecule has 0 radical (unpaired) electrons. The van der Waals surface area contributed by atoms with E-state index in [2.05, 4.69) is 9.88 Å². The summed E-state index contributed by atoms with van der Waals surface area (Å²) in [5.74, 6) is 0. The highest BCUT2D eigenvalue weighted by molar-refractivity contribution is 6.36. The van der Waals surface area contributed by atoms with Gasteiger partial charge in [-0.1, -0.05) is 29.8 Å². The standard InChI is InChI=1S/C13H15ClN2/c1-9-11(8-16(2)3)13(14)10-6-4-5-7-12(10)15-9/h4-7H,8H2,1-3H3. The highest BCUT2D eigenvalue weighted by Gasteiger charge is 2.10. The van der Waals surface area contributed by atoms with Crippen LogP contribution >= 0.6 is 11.6 Å². The molecule has 0 saturated carbocycles. The summed E-state index contributed by atoms with van der Waals surface area (Å²) in [5.41, 5.74) is 3.09. The first-order valence-electron chi connectivity index (χ1n) is 5.28. The second-order valence-electron chi connectivity index (χ2n) is 4.24. The molecular formula is C13H15ClN2. The molecule has 1 aromatic carbocycles. The second kappa shape index (κ2) is 4.40. The maximum atomic E-state index is 6.42. The lowest BCUT2D eigenvalue weighted by Gasteiger charge is -2.15. The predicted octanol–water partition coefficient (Wildman–Crippen LogP) is 3.26. The molecule has 1 heterocycles. The van der Waals surface area contributed by atoms with Crippen molar-refractivity contribution in [2.75, 3.05) is 14.1 Å². The van der Waals surface area contributed by atoms with Gasteiger partial charge in [0.25, 0.3) is 0 Å². The minimum atomic E-state index is 0.822. The molecule has 0 unspecified atom stereocenters. The van der Waals surface area contributed by atoms with Crippen LogP contribution in [0.1, 0.15) is 11.3 Å². The number of pyridine rings is 1. The van der Waals surface area contributed by atoms with Gasteiger partial charge in [0.1, 0.15) is 0 Å². The molecule has 2 aromatic rings. The lowest BCUT2D eigenvalue weighted by Crippen LogP contribution is -2.13. The molecule has 0 bridgehead atoms. The van der Waals surface area contributed by atoms with Crippen molar-refractivity contribution in [3.63, 3.8) is 0 Å². The minimum absolute atomic E-state index is 0.822. The van der Waals surface area contributed by atoms with Crippen LogP contribution < -0.4 is 0 Å². The van der Waals surface area contributed by atoms with E-state index in [0.29, 0.717) is 0 Å². The van der Waals surface area contributed by atoms with Crippen molar-refractivity contribution in [1.29, 1.82) is 0 Å². The van der Waals surface area contributed by atoms with E-state index in [1.54, 1.807) is 0 Å². The third kappa shape index (κ3) is 2.04. The number of hydrogen-bond donors (Lipinski definition) is 0. The Kier molecular flexibility index (Phi) is 3.13. The van der Waals surface area contributed by atoms with Crippen LogP contribution in [0.2, 0.25) is 5.02 Å². The van der Waals surface area contributed by atoms with Gasteiger partial charge >= 0.3 is 0 Å². The van der Waals surface area contributed by atoms with Gasteiger partial charge in [-0.15, -0.1) is 0 Å². The van der Waals surface area contributed by atoms with Gasteiger partial charge in [0.05, 0.1) is 10.5 Å². The quantitative estimate of drug-likeness (QED) is 0.793. The van der Waals surface area contributed by atoms with E-state index in [0.717, 1.165) is 33.7 Å². The monoisotopic (exact) mass is 234 g/mol. The van der Waals surface area contributed by atoms with E-state index in [-0.39, 0.29) is 0 Å². The molecular weight excluding hydrogens is 220 g/mol. The summed E-state index contributed by atoms with van der Waals surface area (Å²) in [4.78, 5) is 6.68. The van der Waals surface area contributed by atoms with Crippen molar-refractivity contribution in [2.45, 2.75) is 13.5 Å². The van der Waals surface area contributed by atoms with Crippen LogP contribution in [-0.4, -0.2) is 24.0 Å². The summed E-state index contributed by atoms with van der Waals surface area (Å²) in [6.45, 7) is 2.83. The third-order valence-corrected chi connectivity index (χ3v) is 3.04. The van der Waals surface area contributed by atoms with Crippen LogP contribution in [0.3, 0.4) is 0 Å². The zero-order valence-corrected chi connectivity index (χ0v) is 10.5. The Morgan fingerprint density at radius 1 is 1.25 bits per heavy atom. The van der Waals surface area contributed by atoms with Gasteiger partial charge < -0.3 is 4.90 Å². The molecule has 84 valence electrons. The maximum Gasteiger partial charge on any atom is 0.0720 e. The van der Waals surface area contributed by atoms with E-state index in [4.69, 9.17) is 11.6 Å². The Morgan fingerprint density at radius 2 is 1.94 bits per heavy atom. The summed E-state index contributed by atoms with van der Waals surface area (Å²) < 4.78 is 0. The highest BCUT2D eigenvalue weighted by atomic mass is 35.5. The lowest BCUT2D eigenvalue weighted by molar-refractivity contribution is 0.401. The zero-order chi connectivity index (χ0) is 11.7. The summed E-state index contributed by atoms with van der Waals surface area (Å²) in [6, 6.07) is 7.98. The molecule has 16 heavy (non-hydrogen) atoms. The maximum absolute atomic E-state index is 6.42. The van der Waals surface area contributed by atoms with Crippen LogP contribution in [0.25, 0.3) is 10.9 Å². The molecule has 0 spiro atoms. The van der Waals surface area contributed by atoms with Gasteiger partial charge in [0.2, 0.25) is 0 Å². The van der Waals surface area contributed by atoms with E-state index < -0.39 is 0 Å². The molecule has 2 nitrogen and oxygen atoms in total. The number of benzene rings is 1. The molecule has 0 aliphatic heterocycles. The Labute approximate surface area is 101 Å². The molecule has 0 N–H and O–H groups in total. The van der Waals surface area contributed by atoms with E-state index in [1.165, 1.54) is 0 Å². The van der Waals surface area contributed by atoms with Crippen molar-refractivity contribution in [3.8, 4) is 0 Å². The summed E-state index contributed by atoms with van der Waals surface area (Å²) in [6.07, 6.45) is 0. The first-order chi connectivity index (χ1) is 7.59. The largest absolute Gasteiger partial charge is 0.305 e. The van der Waals surface area contributed by atoms with Crippen LogP contribution in [-0.2, 0) is 6.54 Å². The molecule has 3 heteroatoms. The number of halogens is 1. The zero-order valence-electron chi connectivity index (χ0n) is 9.79. The predicted molar refractivity (Wildman–Crippen MR) is 68.9 cm³/mol. The minimum Gasteiger partial charge on any atom is -0.305 e. The molecule has 2 rings (SSSR count). The lowest BCUT2D eigenvalue weighted by atomic mass is 10.1. The fourth-order valence-corrected chi connectivity index (χ4v) is 2.18. The molecule has 0 aliphatic rings. The number of para-hydroxylation sites is 1.